The number of imidazole rings is 2. The van der Waals surface area contributed by atoms with Crippen molar-refractivity contribution in [1.29, 1.82) is 5.26 Å². The Morgan fingerprint density at radius 3 is 2.89 bits per heavy atom. The number of aryl methyl sites for hydroxylation is 1. The molecule has 4 aromatic heterocycles. The van der Waals surface area contributed by atoms with Crippen LogP contribution in [0.25, 0.3) is 11.3 Å². The standard InChI is InChI=1S/C24H25FN10O2/c1-13-10-34(12-28-13)17-9-27-22(35-11-14(8-26)29-21(17)35)30-19-7-16(32-33-19)15-3-4-18(20(15)25)37-23(36)31-24(2)5-6-24/h7,9-12,15,18,20H,3-6H2,1-2H3,(H,31,36)(H2,27,30,32,33)/t15-,18-,20+/m0/s1. The predicted octanol–water partition coefficient (Wildman–Crippen LogP) is 3.42. The van der Waals surface area contributed by atoms with E-state index in [4.69, 9.17) is 4.74 Å². The molecular formula is C24H25FN10O2. The Balaban J connectivity index is 1.19. The van der Waals surface area contributed by atoms with E-state index in [0.29, 0.717) is 41.6 Å². The molecule has 2 fully saturated rings. The van der Waals surface area contributed by atoms with Crippen LogP contribution in [0.4, 0.5) is 21.0 Å². The van der Waals surface area contributed by atoms with E-state index in [1.807, 2.05) is 20.0 Å². The summed E-state index contributed by atoms with van der Waals surface area (Å²) in [6, 6.07) is 3.77. The topological polar surface area (TPSA) is 151 Å². The first-order valence-electron chi connectivity index (χ1n) is 12.1. The fourth-order valence-electron chi connectivity index (χ4n) is 4.65. The van der Waals surface area contributed by atoms with Crippen LogP contribution < -0.4 is 10.6 Å². The number of hydrogen-bond acceptors (Lipinski definition) is 8. The monoisotopic (exact) mass is 504 g/mol. The number of alkyl carbamates (subject to hydrolysis) is 1. The zero-order chi connectivity index (χ0) is 25.7. The zero-order valence-corrected chi connectivity index (χ0v) is 20.3. The highest BCUT2D eigenvalue weighted by Crippen LogP contribution is 2.39. The molecule has 0 saturated heterocycles. The molecule has 6 rings (SSSR count). The fourth-order valence-corrected chi connectivity index (χ4v) is 4.65. The summed E-state index contributed by atoms with van der Waals surface area (Å²) < 4.78 is 24.0. The maximum atomic E-state index is 15.2. The van der Waals surface area contributed by atoms with Crippen LogP contribution in [0.2, 0.25) is 0 Å². The number of carbonyl (C=O) groups is 1. The van der Waals surface area contributed by atoms with Crippen molar-refractivity contribution in [3.8, 4) is 11.8 Å². The lowest BCUT2D eigenvalue weighted by Gasteiger charge is -2.19. The number of anilines is 2. The summed E-state index contributed by atoms with van der Waals surface area (Å²) in [5.41, 5.74) is 2.62. The normalized spacial score (nSPS) is 22.1. The van der Waals surface area contributed by atoms with E-state index in [2.05, 4.69) is 41.9 Å². The lowest BCUT2D eigenvalue weighted by atomic mass is 10.0. The van der Waals surface area contributed by atoms with Gasteiger partial charge in [0.05, 0.1) is 24.4 Å². The third kappa shape index (κ3) is 4.35. The van der Waals surface area contributed by atoms with Crippen LogP contribution in [0.3, 0.4) is 0 Å². The second-order valence-electron chi connectivity index (χ2n) is 9.91. The number of halogens is 1. The van der Waals surface area contributed by atoms with Gasteiger partial charge in [0.1, 0.15) is 24.0 Å². The highest BCUT2D eigenvalue weighted by molar-refractivity contribution is 5.69. The minimum Gasteiger partial charge on any atom is -0.443 e. The summed E-state index contributed by atoms with van der Waals surface area (Å²) in [6.45, 7) is 3.82. The van der Waals surface area contributed by atoms with Crippen LogP contribution in [0.15, 0.2) is 31.0 Å². The van der Waals surface area contributed by atoms with E-state index in [0.717, 1.165) is 18.5 Å². The summed E-state index contributed by atoms with van der Waals surface area (Å²) >= 11 is 0. The van der Waals surface area contributed by atoms with Crippen LogP contribution in [-0.2, 0) is 4.74 Å². The Labute approximate surface area is 210 Å². The predicted molar refractivity (Wildman–Crippen MR) is 129 cm³/mol. The van der Waals surface area contributed by atoms with Crippen molar-refractivity contribution in [2.45, 2.75) is 63.3 Å². The molecule has 3 N–H and O–H groups in total. The molecule has 2 aliphatic rings. The van der Waals surface area contributed by atoms with Crippen LogP contribution in [0.1, 0.15) is 55.6 Å². The quantitative estimate of drug-likeness (QED) is 0.361. The van der Waals surface area contributed by atoms with Crippen LogP contribution in [0.5, 0.6) is 0 Å². The number of nitrogens with zero attached hydrogens (tertiary/aromatic N) is 7. The zero-order valence-electron chi connectivity index (χ0n) is 20.3. The Morgan fingerprint density at radius 1 is 1.32 bits per heavy atom. The van der Waals surface area contributed by atoms with Crippen LogP contribution >= 0.6 is 0 Å². The van der Waals surface area contributed by atoms with Gasteiger partial charge in [0.15, 0.2) is 17.2 Å². The fraction of sp³-hybridized carbons (Fsp3) is 0.417. The second-order valence-corrected chi connectivity index (χ2v) is 9.91. The molecule has 4 heterocycles. The Hall–Kier alpha value is -4.47. The molecule has 3 atom stereocenters. The number of aromatic amines is 1. The maximum Gasteiger partial charge on any atom is 0.407 e. The summed E-state index contributed by atoms with van der Waals surface area (Å²) in [5.74, 6) is 0.339. The van der Waals surface area contributed by atoms with Gasteiger partial charge >= 0.3 is 6.09 Å². The number of fused-ring (bicyclic) bond motifs is 1. The number of amides is 1. The summed E-state index contributed by atoms with van der Waals surface area (Å²) in [4.78, 5) is 25.3. The number of nitriles is 1. The molecule has 0 bridgehead atoms. The van der Waals surface area contributed by atoms with Gasteiger partial charge in [0.25, 0.3) is 0 Å². The Kier molecular flexibility index (Phi) is 5.32. The molecule has 190 valence electrons. The molecule has 1 amide bonds. The van der Waals surface area contributed by atoms with Crippen molar-refractivity contribution < 1.29 is 13.9 Å². The van der Waals surface area contributed by atoms with E-state index in [-0.39, 0.29) is 11.2 Å². The second kappa shape index (κ2) is 8.58. The van der Waals surface area contributed by atoms with Crippen molar-refractivity contribution >= 4 is 23.5 Å². The van der Waals surface area contributed by atoms with Gasteiger partial charge in [0.2, 0.25) is 5.95 Å². The SMILES string of the molecule is Cc1cn(-c2cnc(Nc3cc([C@@H]4CC[C@H](OC(=O)NC5(C)CC5)[C@@H]4F)[nH]n3)n3cc(C#N)nc23)cn1. The minimum absolute atomic E-state index is 0.219. The minimum atomic E-state index is -1.35. The van der Waals surface area contributed by atoms with Crippen molar-refractivity contribution in [3.05, 3.63) is 48.1 Å². The van der Waals surface area contributed by atoms with Gasteiger partial charge in [-0.05, 0) is 39.5 Å². The van der Waals surface area contributed by atoms with Gasteiger partial charge in [-0.15, -0.1) is 0 Å². The van der Waals surface area contributed by atoms with E-state index in [1.54, 1.807) is 33.8 Å². The summed E-state index contributed by atoms with van der Waals surface area (Å²) in [6.07, 6.45) is 6.75. The molecule has 0 aliphatic heterocycles. The molecule has 0 spiro atoms. The van der Waals surface area contributed by atoms with Crippen molar-refractivity contribution in [1.82, 2.24) is 39.4 Å². The lowest BCUT2D eigenvalue weighted by molar-refractivity contribution is 0.0546. The molecule has 4 aromatic rings. The van der Waals surface area contributed by atoms with Gasteiger partial charge in [-0.3, -0.25) is 9.50 Å². The first-order valence-corrected chi connectivity index (χ1v) is 12.1. The number of carbonyl (C=O) groups excluding carboxylic acids is 1. The Bertz CT molecular complexity index is 1530. The van der Waals surface area contributed by atoms with Crippen molar-refractivity contribution in [2.75, 3.05) is 5.32 Å². The van der Waals surface area contributed by atoms with Gasteiger partial charge in [-0.2, -0.15) is 10.4 Å². The smallest absolute Gasteiger partial charge is 0.407 e. The molecule has 0 unspecified atom stereocenters. The highest BCUT2D eigenvalue weighted by Gasteiger charge is 2.43. The summed E-state index contributed by atoms with van der Waals surface area (Å²) in [7, 11) is 0. The summed E-state index contributed by atoms with van der Waals surface area (Å²) in [5, 5.41) is 22.5. The molecule has 13 heteroatoms. The third-order valence-electron chi connectivity index (χ3n) is 6.98. The van der Waals surface area contributed by atoms with Gasteiger partial charge in [-0.1, -0.05) is 0 Å². The molecule has 2 aliphatic carbocycles. The average molecular weight is 505 g/mol. The number of rotatable bonds is 6. The maximum absolute atomic E-state index is 15.2. The van der Waals surface area contributed by atoms with Crippen LogP contribution in [-0.4, -0.2) is 58.0 Å². The molecule has 37 heavy (non-hydrogen) atoms. The number of aromatic nitrogens is 7. The van der Waals surface area contributed by atoms with Crippen molar-refractivity contribution in [2.24, 2.45) is 0 Å². The molecule has 12 nitrogen and oxygen atoms in total. The number of H-pyrrole nitrogens is 1. The van der Waals surface area contributed by atoms with Crippen molar-refractivity contribution in [3.63, 3.8) is 0 Å². The molecular weight excluding hydrogens is 479 g/mol. The number of hydrogen-bond donors (Lipinski definition) is 3. The number of nitrogens with one attached hydrogen (secondary N) is 3. The third-order valence-corrected chi connectivity index (χ3v) is 6.98. The highest BCUT2D eigenvalue weighted by atomic mass is 19.1. The number of ether oxygens (including phenoxy) is 1. The molecule has 2 saturated carbocycles. The molecule has 0 aromatic carbocycles. The molecule has 0 radical (unpaired) electrons. The van der Waals surface area contributed by atoms with Gasteiger partial charge < -0.3 is 19.9 Å². The van der Waals surface area contributed by atoms with E-state index < -0.39 is 24.3 Å². The van der Waals surface area contributed by atoms with E-state index >= 15 is 4.39 Å². The Morgan fingerprint density at radius 2 is 2.16 bits per heavy atom. The average Bonchev–Trinajstić information content (AvgIpc) is 3.36. The van der Waals surface area contributed by atoms with Gasteiger partial charge in [0, 0.05) is 29.4 Å². The largest absolute Gasteiger partial charge is 0.443 e. The first kappa shape index (κ1) is 23.0. The van der Waals surface area contributed by atoms with E-state index in [9.17, 15) is 10.1 Å². The first-order chi connectivity index (χ1) is 17.8. The van der Waals surface area contributed by atoms with E-state index in [1.165, 1.54) is 0 Å². The van der Waals surface area contributed by atoms with Gasteiger partial charge in [-0.25, -0.2) is 24.1 Å². The lowest BCUT2D eigenvalue weighted by Crippen LogP contribution is -2.38. The van der Waals surface area contributed by atoms with Crippen LogP contribution in [0, 0.1) is 18.3 Å². The number of alkyl halides is 1.